The number of hydrogen-bond acceptors (Lipinski definition) is 4. The SMILES string of the molecule is COC(=O)[C@](C)(N)c1cccc(N)c1. The normalized spacial score (nSPS) is 14.5. The second kappa shape index (κ2) is 3.67. The predicted molar refractivity (Wildman–Crippen MR) is 54.4 cm³/mol. The number of benzene rings is 1. The summed E-state index contributed by atoms with van der Waals surface area (Å²) in [5, 5.41) is 0. The van der Waals surface area contributed by atoms with Crippen LogP contribution in [0.1, 0.15) is 12.5 Å². The van der Waals surface area contributed by atoms with E-state index in [0.29, 0.717) is 11.3 Å². The first-order valence-electron chi connectivity index (χ1n) is 4.22. The number of hydrogen-bond donors (Lipinski definition) is 2. The topological polar surface area (TPSA) is 78.3 Å². The van der Waals surface area contributed by atoms with Gasteiger partial charge in [0.1, 0.15) is 5.54 Å². The van der Waals surface area contributed by atoms with Crippen LogP contribution in [0.4, 0.5) is 5.69 Å². The molecule has 0 aliphatic heterocycles. The molecule has 4 nitrogen and oxygen atoms in total. The van der Waals surface area contributed by atoms with Crippen molar-refractivity contribution in [3.8, 4) is 0 Å². The van der Waals surface area contributed by atoms with Crippen molar-refractivity contribution in [3.05, 3.63) is 29.8 Å². The third-order valence-corrected chi connectivity index (χ3v) is 2.10. The molecule has 1 aromatic rings. The highest BCUT2D eigenvalue weighted by Gasteiger charge is 2.31. The third-order valence-electron chi connectivity index (χ3n) is 2.10. The molecule has 0 saturated carbocycles. The minimum atomic E-state index is -1.15. The van der Waals surface area contributed by atoms with Gasteiger partial charge in [0.2, 0.25) is 0 Å². The Morgan fingerprint density at radius 2 is 2.14 bits per heavy atom. The standard InChI is InChI=1S/C10H14N2O2/c1-10(12,9(13)14-2)7-4-3-5-8(11)6-7/h3-6H,11-12H2,1-2H3/t10-/m1/s1. The Kier molecular flexibility index (Phi) is 2.76. The maximum atomic E-state index is 11.4. The molecule has 1 atom stereocenters. The molecule has 0 amide bonds. The number of anilines is 1. The number of nitrogens with two attached hydrogens (primary N) is 2. The smallest absolute Gasteiger partial charge is 0.330 e. The quantitative estimate of drug-likeness (QED) is 0.534. The summed E-state index contributed by atoms with van der Waals surface area (Å²) in [5.41, 5.74) is 11.5. The van der Waals surface area contributed by atoms with Gasteiger partial charge in [-0.2, -0.15) is 0 Å². The Balaban J connectivity index is 3.09. The van der Waals surface area contributed by atoms with Crippen molar-refractivity contribution in [2.75, 3.05) is 12.8 Å². The zero-order valence-corrected chi connectivity index (χ0v) is 8.28. The summed E-state index contributed by atoms with van der Waals surface area (Å²) in [6.07, 6.45) is 0. The van der Waals surface area contributed by atoms with Gasteiger partial charge >= 0.3 is 5.97 Å². The van der Waals surface area contributed by atoms with Crippen LogP contribution in [0.15, 0.2) is 24.3 Å². The molecule has 76 valence electrons. The van der Waals surface area contributed by atoms with Crippen LogP contribution in [0.5, 0.6) is 0 Å². The van der Waals surface area contributed by atoms with E-state index >= 15 is 0 Å². The average Bonchev–Trinajstić information content (AvgIpc) is 2.16. The maximum absolute atomic E-state index is 11.4. The summed E-state index contributed by atoms with van der Waals surface area (Å²) >= 11 is 0. The Morgan fingerprint density at radius 3 is 2.64 bits per heavy atom. The molecule has 0 fully saturated rings. The molecule has 1 aromatic carbocycles. The first-order chi connectivity index (χ1) is 6.48. The minimum Gasteiger partial charge on any atom is -0.467 e. The molecule has 14 heavy (non-hydrogen) atoms. The number of nitrogen functional groups attached to an aromatic ring is 1. The van der Waals surface area contributed by atoms with Crippen LogP contribution in [0.3, 0.4) is 0 Å². The van der Waals surface area contributed by atoms with Crippen molar-refractivity contribution in [3.63, 3.8) is 0 Å². The van der Waals surface area contributed by atoms with Crippen molar-refractivity contribution in [1.82, 2.24) is 0 Å². The Morgan fingerprint density at radius 1 is 1.50 bits per heavy atom. The summed E-state index contributed by atoms with van der Waals surface area (Å²) in [6, 6.07) is 6.89. The molecule has 0 spiro atoms. The van der Waals surface area contributed by atoms with E-state index in [4.69, 9.17) is 11.5 Å². The van der Waals surface area contributed by atoms with Crippen LogP contribution in [0.2, 0.25) is 0 Å². The van der Waals surface area contributed by atoms with Gasteiger partial charge in [0, 0.05) is 5.69 Å². The van der Waals surface area contributed by atoms with Crippen molar-refractivity contribution in [2.24, 2.45) is 5.73 Å². The van der Waals surface area contributed by atoms with Gasteiger partial charge in [-0.05, 0) is 24.6 Å². The van der Waals surface area contributed by atoms with Crippen LogP contribution in [0.25, 0.3) is 0 Å². The predicted octanol–water partition coefficient (Wildman–Crippen LogP) is 0.616. The van der Waals surface area contributed by atoms with Gasteiger partial charge in [-0.3, -0.25) is 0 Å². The van der Waals surface area contributed by atoms with Crippen molar-refractivity contribution in [1.29, 1.82) is 0 Å². The van der Waals surface area contributed by atoms with Crippen LogP contribution in [-0.2, 0) is 15.1 Å². The number of rotatable bonds is 2. The average molecular weight is 194 g/mol. The van der Waals surface area contributed by atoms with Crippen molar-refractivity contribution < 1.29 is 9.53 Å². The van der Waals surface area contributed by atoms with E-state index in [1.165, 1.54) is 7.11 Å². The number of ether oxygens (including phenoxy) is 1. The molecule has 0 aromatic heterocycles. The lowest BCUT2D eigenvalue weighted by Gasteiger charge is -2.22. The van der Waals surface area contributed by atoms with E-state index in [9.17, 15) is 4.79 Å². The van der Waals surface area contributed by atoms with Crippen molar-refractivity contribution >= 4 is 11.7 Å². The van der Waals surface area contributed by atoms with Crippen LogP contribution in [0, 0.1) is 0 Å². The van der Waals surface area contributed by atoms with Crippen molar-refractivity contribution in [2.45, 2.75) is 12.5 Å². The number of methoxy groups -OCH3 is 1. The van der Waals surface area contributed by atoms with E-state index in [1.807, 2.05) is 0 Å². The van der Waals surface area contributed by atoms with Crippen LogP contribution >= 0.6 is 0 Å². The zero-order chi connectivity index (χ0) is 10.8. The molecule has 0 radical (unpaired) electrons. The molecule has 0 unspecified atom stereocenters. The Bertz CT molecular complexity index is 348. The highest BCUT2D eigenvalue weighted by molar-refractivity contribution is 5.82. The fourth-order valence-corrected chi connectivity index (χ4v) is 1.19. The summed E-state index contributed by atoms with van der Waals surface area (Å²) in [7, 11) is 1.31. The lowest BCUT2D eigenvalue weighted by atomic mass is 9.93. The number of carbonyl (C=O) groups is 1. The first-order valence-corrected chi connectivity index (χ1v) is 4.22. The van der Waals surface area contributed by atoms with Gasteiger partial charge < -0.3 is 16.2 Å². The monoisotopic (exact) mass is 194 g/mol. The minimum absolute atomic E-state index is 0.483. The van der Waals surface area contributed by atoms with Gasteiger partial charge in [-0.25, -0.2) is 4.79 Å². The van der Waals surface area contributed by atoms with Gasteiger partial charge in [0.15, 0.2) is 0 Å². The molecule has 0 aliphatic carbocycles. The van der Waals surface area contributed by atoms with E-state index in [1.54, 1.807) is 31.2 Å². The lowest BCUT2D eigenvalue weighted by Crippen LogP contribution is -2.42. The van der Waals surface area contributed by atoms with E-state index < -0.39 is 11.5 Å². The molecule has 0 aliphatic rings. The van der Waals surface area contributed by atoms with E-state index in [0.717, 1.165) is 0 Å². The zero-order valence-electron chi connectivity index (χ0n) is 8.28. The van der Waals surface area contributed by atoms with Crippen LogP contribution in [-0.4, -0.2) is 13.1 Å². The second-order valence-electron chi connectivity index (χ2n) is 3.32. The second-order valence-corrected chi connectivity index (χ2v) is 3.32. The number of carbonyl (C=O) groups excluding carboxylic acids is 1. The summed E-state index contributed by atoms with van der Waals surface area (Å²) in [4.78, 5) is 11.4. The van der Waals surface area contributed by atoms with Gasteiger partial charge in [0.05, 0.1) is 7.11 Å². The fraction of sp³-hybridized carbons (Fsp3) is 0.300. The fourth-order valence-electron chi connectivity index (χ4n) is 1.19. The van der Waals surface area contributed by atoms with Crippen LogP contribution < -0.4 is 11.5 Å². The summed E-state index contributed by atoms with van der Waals surface area (Å²) in [6.45, 7) is 1.59. The van der Waals surface area contributed by atoms with Gasteiger partial charge in [-0.15, -0.1) is 0 Å². The lowest BCUT2D eigenvalue weighted by molar-refractivity contribution is -0.146. The molecule has 0 bridgehead atoms. The molecule has 0 saturated heterocycles. The Labute approximate surface area is 82.8 Å². The highest BCUT2D eigenvalue weighted by atomic mass is 16.5. The first kappa shape index (κ1) is 10.5. The summed E-state index contributed by atoms with van der Waals surface area (Å²) < 4.78 is 4.60. The largest absolute Gasteiger partial charge is 0.467 e. The molecular formula is C10H14N2O2. The van der Waals surface area contributed by atoms with Gasteiger partial charge in [-0.1, -0.05) is 12.1 Å². The highest BCUT2D eigenvalue weighted by Crippen LogP contribution is 2.20. The molecule has 1 rings (SSSR count). The third kappa shape index (κ3) is 1.85. The van der Waals surface area contributed by atoms with Gasteiger partial charge in [0.25, 0.3) is 0 Å². The van der Waals surface area contributed by atoms with E-state index in [-0.39, 0.29) is 0 Å². The molecule has 0 heterocycles. The summed E-state index contributed by atoms with van der Waals surface area (Å²) in [5.74, 6) is -0.483. The molecule has 4 N–H and O–H groups in total. The number of esters is 1. The maximum Gasteiger partial charge on any atom is 0.330 e. The Hall–Kier alpha value is -1.55. The molecular weight excluding hydrogens is 180 g/mol. The van der Waals surface area contributed by atoms with E-state index in [2.05, 4.69) is 4.74 Å². The molecule has 4 heteroatoms.